The maximum absolute atomic E-state index is 11.9. The zero-order valence-corrected chi connectivity index (χ0v) is 20.5. The van der Waals surface area contributed by atoms with Crippen LogP contribution in [-0.4, -0.2) is 75.1 Å². The van der Waals surface area contributed by atoms with Gasteiger partial charge in [-0.3, -0.25) is 0 Å². The largest absolute Gasteiger partial charge is 0.460 e. The highest BCUT2D eigenvalue weighted by Gasteiger charge is 2.07. The third-order valence-corrected chi connectivity index (χ3v) is 4.40. The molecule has 9 nitrogen and oxygen atoms in total. The second-order valence-electron chi connectivity index (χ2n) is 6.61. The summed E-state index contributed by atoms with van der Waals surface area (Å²) in [5.74, 6) is -0.888. The highest BCUT2D eigenvalue weighted by atomic mass is 32.1. The molecule has 0 radical (unpaired) electrons. The third-order valence-electron chi connectivity index (χ3n) is 4.22. The van der Waals surface area contributed by atoms with Crippen LogP contribution in [0.4, 0.5) is 11.4 Å². The van der Waals surface area contributed by atoms with E-state index >= 15 is 0 Å². The summed E-state index contributed by atoms with van der Waals surface area (Å²) in [6, 6.07) is 13.0. The van der Waals surface area contributed by atoms with Crippen LogP contribution in [0.5, 0.6) is 0 Å². The molecule has 0 unspecified atom stereocenters. The van der Waals surface area contributed by atoms with Crippen LogP contribution >= 0.6 is 24.4 Å². The van der Waals surface area contributed by atoms with Gasteiger partial charge in [0.25, 0.3) is 0 Å². The topological polar surface area (TPSA) is 105 Å². The van der Waals surface area contributed by atoms with Crippen LogP contribution < -0.4 is 0 Å². The maximum atomic E-state index is 11.9. The van der Waals surface area contributed by atoms with E-state index in [1.54, 1.807) is 48.5 Å². The highest BCUT2D eigenvalue weighted by molar-refractivity contribution is 7.78. The Kier molecular flexibility index (Phi) is 13.9. The van der Waals surface area contributed by atoms with Crippen molar-refractivity contribution in [2.24, 2.45) is 9.98 Å². The molecule has 2 aromatic rings. The zero-order chi connectivity index (χ0) is 25.1. The Hall–Kier alpha value is -3.14. The van der Waals surface area contributed by atoms with E-state index in [0.29, 0.717) is 48.9 Å². The summed E-state index contributed by atoms with van der Waals surface area (Å²) in [4.78, 5) is 31.5. The van der Waals surface area contributed by atoms with Crippen LogP contribution in [-0.2, 0) is 23.7 Å². The van der Waals surface area contributed by atoms with Crippen LogP contribution in [0.2, 0.25) is 0 Å². The predicted octanol–water partition coefficient (Wildman–Crippen LogP) is 4.22. The first kappa shape index (κ1) is 28.1. The minimum absolute atomic E-state index is 0.131. The Balaban J connectivity index is 1.41. The molecule has 0 N–H and O–H groups in total. The van der Waals surface area contributed by atoms with Crippen LogP contribution in [0.15, 0.2) is 58.5 Å². The molecule has 0 aromatic heterocycles. The number of nitrogens with zero attached hydrogens (tertiary/aromatic N) is 2. The minimum Gasteiger partial charge on any atom is -0.460 e. The lowest BCUT2D eigenvalue weighted by atomic mass is 10.2. The Morgan fingerprint density at radius 1 is 0.571 bits per heavy atom. The van der Waals surface area contributed by atoms with Gasteiger partial charge in [-0.05, 0) is 73.0 Å². The van der Waals surface area contributed by atoms with Gasteiger partial charge in [0.2, 0.25) is 0 Å². The van der Waals surface area contributed by atoms with Crippen molar-refractivity contribution in [3.63, 3.8) is 0 Å². The molecule has 0 bridgehead atoms. The number of thiocarbonyl (C=S) groups is 2. The second kappa shape index (κ2) is 17.3. The number of aliphatic imine (C=N–C) groups is 2. The number of benzene rings is 2. The van der Waals surface area contributed by atoms with E-state index in [1.165, 1.54) is 0 Å². The minimum atomic E-state index is -0.444. The summed E-state index contributed by atoms with van der Waals surface area (Å²) >= 11 is 9.06. The Morgan fingerprint density at radius 3 is 1.20 bits per heavy atom. The van der Waals surface area contributed by atoms with Crippen molar-refractivity contribution in [3.05, 3.63) is 59.7 Å². The third kappa shape index (κ3) is 11.7. The normalized spacial score (nSPS) is 10.1. The van der Waals surface area contributed by atoms with Crippen molar-refractivity contribution in [2.75, 3.05) is 52.9 Å². The predicted molar refractivity (Wildman–Crippen MR) is 135 cm³/mol. The van der Waals surface area contributed by atoms with E-state index in [9.17, 15) is 9.59 Å². The molecule has 0 heterocycles. The van der Waals surface area contributed by atoms with Crippen LogP contribution in [0.25, 0.3) is 0 Å². The molecule has 184 valence electrons. The molecule has 11 heteroatoms. The van der Waals surface area contributed by atoms with E-state index in [4.69, 9.17) is 23.7 Å². The van der Waals surface area contributed by atoms with E-state index in [1.807, 2.05) is 0 Å². The van der Waals surface area contributed by atoms with Gasteiger partial charge in [-0.25, -0.2) is 9.59 Å². The standard InChI is InChI=1S/C24H24N2O7S2/c27-23(19-1-5-21(6-2-19)25-17-34)32-15-13-30-11-9-29-10-12-31-14-16-33-24(28)20-3-7-22(8-4-20)26-18-35/h1-8H,9-16H2. The number of carbonyl (C=O) groups is 2. The summed E-state index contributed by atoms with van der Waals surface area (Å²) in [6.07, 6.45) is 0. The Labute approximate surface area is 213 Å². The quantitative estimate of drug-likeness (QED) is 0.140. The van der Waals surface area contributed by atoms with E-state index in [2.05, 4.69) is 44.7 Å². The summed E-state index contributed by atoms with van der Waals surface area (Å²) in [7, 11) is 0. The van der Waals surface area contributed by atoms with Gasteiger partial charge in [0.05, 0.1) is 72.5 Å². The van der Waals surface area contributed by atoms with E-state index < -0.39 is 11.9 Å². The first-order valence-electron chi connectivity index (χ1n) is 10.6. The maximum Gasteiger partial charge on any atom is 0.338 e. The van der Waals surface area contributed by atoms with Crippen molar-refractivity contribution < 1.29 is 33.3 Å². The van der Waals surface area contributed by atoms with E-state index in [-0.39, 0.29) is 26.4 Å². The van der Waals surface area contributed by atoms with Crippen molar-refractivity contribution in [2.45, 2.75) is 0 Å². The first-order valence-corrected chi connectivity index (χ1v) is 11.4. The summed E-state index contributed by atoms with van der Waals surface area (Å²) in [5.41, 5.74) is 2.06. The van der Waals surface area contributed by atoms with Crippen molar-refractivity contribution >= 4 is 58.1 Å². The van der Waals surface area contributed by atoms with Gasteiger partial charge in [-0.1, -0.05) is 0 Å². The first-order chi connectivity index (χ1) is 17.1. The Morgan fingerprint density at radius 2 is 0.886 bits per heavy atom. The molecule has 2 rings (SSSR count). The molecule has 0 atom stereocenters. The number of rotatable bonds is 16. The number of carbonyl (C=O) groups excluding carboxylic acids is 2. The SMILES string of the molecule is O=C(OCCOCCOCCOCCOC(=O)c1ccc(N=C=S)cc1)c1ccc(N=C=S)cc1. The van der Waals surface area contributed by atoms with Crippen molar-refractivity contribution in [1.82, 2.24) is 0 Å². The smallest absolute Gasteiger partial charge is 0.338 e. The fourth-order valence-corrected chi connectivity index (χ4v) is 2.76. The number of ether oxygens (including phenoxy) is 5. The van der Waals surface area contributed by atoms with Gasteiger partial charge < -0.3 is 23.7 Å². The molecular weight excluding hydrogens is 492 g/mol. The second-order valence-corrected chi connectivity index (χ2v) is 6.97. The molecule has 35 heavy (non-hydrogen) atoms. The van der Waals surface area contributed by atoms with Gasteiger partial charge in [0, 0.05) is 0 Å². The average molecular weight is 517 g/mol. The molecule has 0 saturated carbocycles. The molecule has 0 saturated heterocycles. The number of hydrogen-bond acceptors (Lipinski definition) is 11. The highest BCUT2D eigenvalue weighted by Crippen LogP contribution is 2.13. The molecule has 0 fully saturated rings. The van der Waals surface area contributed by atoms with Gasteiger partial charge in [0.1, 0.15) is 13.2 Å². The summed E-state index contributed by atoms with van der Waals surface area (Å²) in [6.45, 7) is 2.23. The number of hydrogen-bond donors (Lipinski definition) is 0. The van der Waals surface area contributed by atoms with Crippen LogP contribution in [0.1, 0.15) is 20.7 Å². The molecule has 0 aliphatic rings. The number of esters is 2. The Bertz CT molecular complexity index is 949. The zero-order valence-electron chi connectivity index (χ0n) is 18.8. The lowest BCUT2D eigenvalue weighted by molar-refractivity contribution is -0.00674. The molecule has 0 aliphatic carbocycles. The number of isothiocyanates is 2. The molecule has 0 spiro atoms. The van der Waals surface area contributed by atoms with Gasteiger partial charge >= 0.3 is 11.9 Å². The van der Waals surface area contributed by atoms with Gasteiger partial charge in [0.15, 0.2) is 0 Å². The molecule has 0 aliphatic heterocycles. The van der Waals surface area contributed by atoms with E-state index in [0.717, 1.165) is 0 Å². The van der Waals surface area contributed by atoms with Gasteiger partial charge in [-0.2, -0.15) is 9.98 Å². The molecule has 2 aromatic carbocycles. The average Bonchev–Trinajstić information content (AvgIpc) is 2.88. The molecule has 0 amide bonds. The molecular formula is C24H24N2O7S2. The monoisotopic (exact) mass is 516 g/mol. The van der Waals surface area contributed by atoms with Gasteiger partial charge in [-0.15, -0.1) is 0 Å². The van der Waals surface area contributed by atoms with Crippen LogP contribution in [0.3, 0.4) is 0 Å². The lowest BCUT2D eigenvalue weighted by Crippen LogP contribution is -2.15. The van der Waals surface area contributed by atoms with Crippen LogP contribution in [0, 0.1) is 0 Å². The fraction of sp³-hybridized carbons (Fsp3) is 0.333. The lowest BCUT2D eigenvalue weighted by Gasteiger charge is -2.08. The van der Waals surface area contributed by atoms with Crippen molar-refractivity contribution in [3.8, 4) is 0 Å². The fourth-order valence-electron chi connectivity index (χ4n) is 2.54. The summed E-state index contributed by atoms with van der Waals surface area (Å²) in [5, 5.41) is 4.52. The van der Waals surface area contributed by atoms with Crippen molar-refractivity contribution in [1.29, 1.82) is 0 Å². The summed E-state index contributed by atoms with van der Waals surface area (Å²) < 4.78 is 26.4.